The van der Waals surface area contributed by atoms with Crippen molar-refractivity contribution in [3.63, 3.8) is 0 Å². The van der Waals surface area contributed by atoms with Gasteiger partial charge >= 0.3 is 0 Å². The number of methoxy groups -OCH3 is 7. The maximum Gasteiger partial charge on any atom is 0.255 e. The van der Waals surface area contributed by atoms with E-state index in [1.54, 1.807) is 49.8 Å². The van der Waals surface area contributed by atoms with E-state index in [0.717, 1.165) is 33.4 Å². The standard InChI is InChI=1S/C22H34O8Si/c1-23-19(24-2)11-13-15(19)16-14(12-20(16,25-3)26-4)18-17(13)21(27-5,28-6)22(18,29-7)30-31(8,9)10/h11-12H2,1-10H3. The Labute approximate surface area is 185 Å². The monoisotopic (exact) mass is 454 g/mol. The van der Waals surface area contributed by atoms with Crippen molar-refractivity contribution in [3.8, 4) is 0 Å². The Kier molecular flexibility index (Phi) is 5.30. The molecule has 0 heterocycles. The van der Waals surface area contributed by atoms with E-state index in [9.17, 15) is 0 Å². The van der Waals surface area contributed by atoms with Crippen LogP contribution in [0.2, 0.25) is 19.6 Å². The third kappa shape index (κ3) is 2.47. The Morgan fingerprint density at radius 2 is 0.871 bits per heavy atom. The van der Waals surface area contributed by atoms with Gasteiger partial charge in [0.15, 0.2) is 19.9 Å². The summed E-state index contributed by atoms with van der Waals surface area (Å²) in [6.07, 6.45) is 1.08. The number of ether oxygens (including phenoxy) is 7. The zero-order chi connectivity index (χ0) is 23.0. The number of hydrogen-bond acceptors (Lipinski definition) is 8. The van der Waals surface area contributed by atoms with Gasteiger partial charge in [0.2, 0.25) is 5.79 Å². The van der Waals surface area contributed by atoms with Crippen LogP contribution in [-0.2, 0) is 73.6 Å². The molecule has 1 unspecified atom stereocenters. The maximum absolute atomic E-state index is 6.69. The molecule has 0 saturated carbocycles. The quantitative estimate of drug-likeness (QED) is 0.417. The fraction of sp³-hybridized carbons (Fsp3) is 0.727. The van der Waals surface area contributed by atoms with Crippen LogP contribution in [0.5, 0.6) is 0 Å². The largest absolute Gasteiger partial charge is 0.383 e. The van der Waals surface area contributed by atoms with Gasteiger partial charge < -0.3 is 37.6 Å². The van der Waals surface area contributed by atoms with Crippen molar-refractivity contribution in [1.29, 1.82) is 0 Å². The molecule has 1 aromatic carbocycles. The van der Waals surface area contributed by atoms with E-state index in [2.05, 4.69) is 19.6 Å². The van der Waals surface area contributed by atoms with Crippen molar-refractivity contribution in [2.24, 2.45) is 0 Å². The van der Waals surface area contributed by atoms with Crippen LogP contribution < -0.4 is 0 Å². The molecule has 0 bridgehead atoms. The van der Waals surface area contributed by atoms with Crippen molar-refractivity contribution in [2.45, 2.75) is 55.6 Å². The fourth-order valence-corrected chi connectivity index (χ4v) is 6.90. The molecule has 1 aromatic rings. The highest BCUT2D eigenvalue weighted by Gasteiger charge is 2.75. The number of fused-ring (bicyclic) bond motifs is 6. The third-order valence-electron chi connectivity index (χ3n) is 7.01. The number of hydrogen-bond donors (Lipinski definition) is 0. The molecule has 8 nitrogen and oxygen atoms in total. The molecular formula is C22H34O8Si. The Hall–Kier alpha value is -0.883. The molecule has 0 aliphatic heterocycles. The highest BCUT2D eigenvalue weighted by atomic mass is 28.4. The van der Waals surface area contributed by atoms with E-state index >= 15 is 0 Å². The first kappa shape index (κ1) is 23.3. The minimum Gasteiger partial charge on any atom is -0.383 e. The summed E-state index contributed by atoms with van der Waals surface area (Å²) in [5.74, 6) is -4.16. The van der Waals surface area contributed by atoms with E-state index in [4.69, 9.17) is 37.6 Å². The minimum atomic E-state index is -2.09. The van der Waals surface area contributed by atoms with Crippen molar-refractivity contribution >= 4 is 8.32 Å². The van der Waals surface area contributed by atoms with E-state index in [-0.39, 0.29) is 0 Å². The third-order valence-corrected chi connectivity index (χ3v) is 7.91. The van der Waals surface area contributed by atoms with Gasteiger partial charge in [-0.15, -0.1) is 0 Å². The van der Waals surface area contributed by atoms with Crippen LogP contribution >= 0.6 is 0 Å². The van der Waals surface area contributed by atoms with Crippen molar-refractivity contribution < 1.29 is 37.6 Å². The summed E-state index contributed by atoms with van der Waals surface area (Å²) in [4.78, 5) is 0. The Morgan fingerprint density at radius 1 is 0.516 bits per heavy atom. The summed E-state index contributed by atoms with van der Waals surface area (Å²) in [5, 5.41) is 0. The van der Waals surface area contributed by atoms with Gasteiger partial charge in [-0.05, 0) is 30.8 Å². The van der Waals surface area contributed by atoms with Crippen molar-refractivity contribution in [1.82, 2.24) is 0 Å². The minimum absolute atomic E-state index is 0.537. The van der Waals surface area contributed by atoms with Gasteiger partial charge in [-0.3, -0.25) is 0 Å². The fourth-order valence-electron chi connectivity index (χ4n) is 5.72. The first-order valence-electron chi connectivity index (χ1n) is 10.4. The number of benzene rings is 1. The van der Waals surface area contributed by atoms with Gasteiger partial charge in [0, 0.05) is 84.9 Å². The summed E-state index contributed by atoms with van der Waals surface area (Å²) >= 11 is 0. The van der Waals surface area contributed by atoms with Gasteiger partial charge in [-0.25, -0.2) is 0 Å². The predicted octanol–water partition coefficient (Wildman–Crippen LogP) is 2.80. The highest BCUT2D eigenvalue weighted by molar-refractivity contribution is 6.69. The van der Waals surface area contributed by atoms with Gasteiger partial charge in [0.05, 0.1) is 0 Å². The summed E-state index contributed by atoms with van der Waals surface area (Å²) in [5.41, 5.74) is 5.78. The van der Waals surface area contributed by atoms with E-state index in [1.165, 1.54) is 0 Å². The van der Waals surface area contributed by atoms with Crippen molar-refractivity contribution in [3.05, 3.63) is 33.4 Å². The molecular weight excluding hydrogens is 420 g/mol. The van der Waals surface area contributed by atoms with Crippen LogP contribution in [0, 0.1) is 0 Å². The van der Waals surface area contributed by atoms with E-state index in [1.807, 2.05) is 0 Å². The van der Waals surface area contributed by atoms with Crippen molar-refractivity contribution in [2.75, 3.05) is 49.8 Å². The molecule has 0 N–H and O–H groups in total. The molecule has 31 heavy (non-hydrogen) atoms. The van der Waals surface area contributed by atoms with Gasteiger partial charge in [0.1, 0.15) is 0 Å². The van der Waals surface area contributed by atoms with E-state index < -0.39 is 31.5 Å². The second kappa shape index (κ2) is 7.06. The molecule has 0 fully saturated rings. The molecule has 9 heteroatoms. The predicted molar refractivity (Wildman–Crippen MR) is 114 cm³/mol. The molecule has 174 valence electrons. The lowest BCUT2D eigenvalue weighted by molar-refractivity contribution is -0.416. The Morgan fingerprint density at radius 3 is 1.16 bits per heavy atom. The molecule has 3 aliphatic rings. The molecule has 0 aromatic heterocycles. The first-order valence-corrected chi connectivity index (χ1v) is 13.8. The van der Waals surface area contributed by atoms with Gasteiger partial charge in [-0.2, -0.15) is 0 Å². The zero-order valence-corrected chi connectivity index (χ0v) is 21.2. The van der Waals surface area contributed by atoms with E-state index in [0.29, 0.717) is 12.8 Å². The van der Waals surface area contributed by atoms with Gasteiger partial charge in [0.25, 0.3) is 5.79 Å². The van der Waals surface area contributed by atoms with Crippen LogP contribution in [0.1, 0.15) is 33.4 Å². The lowest BCUT2D eigenvalue weighted by Gasteiger charge is -2.63. The topological polar surface area (TPSA) is 73.8 Å². The molecule has 0 spiro atoms. The molecule has 0 radical (unpaired) electrons. The SMILES string of the molecule is COC1(OC)Cc2c1c1c(c3c2C(OC)(OC)C3(OC)O[Si](C)(C)C)CC1(OC)OC. The highest BCUT2D eigenvalue weighted by Crippen LogP contribution is 2.69. The molecule has 1 atom stereocenters. The Bertz CT molecular complexity index is 896. The average Bonchev–Trinajstić information content (AvgIpc) is 2.72. The molecule has 0 saturated heterocycles. The van der Waals surface area contributed by atoms with Gasteiger partial charge in [-0.1, -0.05) is 0 Å². The summed E-state index contributed by atoms with van der Waals surface area (Å²) in [7, 11) is 9.36. The smallest absolute Gasteiger partial charge is 0.255 e. The van der Waals surface area contributed by atoms with Crippen LogP contribution in [0.4, 0.5) is 0 Å². The molecule has 0 amide bonds. The maximum atomic E-state index is 6.69. The molecule has 4 rings (SSSR count). The first-order chi connectivity index (χ1) is 14.6. The van der Waals surface area contributed by atoms with Crippen LogP contribution in [0.15, 0.2) is 0 Å². The normalized spacial score (nSPS) is 26.1. The second-order valence-corrected chi connectivity index (χ2v) is 13.6. The molecule has 3 aliphatic carbocycles. The van der Waals surface area contributed by atoms with Crippen LogP contribution in [0.3, 0.4) is 0 Å². The summed E-state index contributed by atoms with van der Waals surface area (Å²) < 4.78 is 48.3. The average molecular weight is 455 g/mol. The lowest BCUT2D eigenvalue weighted by atomic mass is 9.56. The second-order valence-electron chi connectivity index (χ2n) is 9.19. The summed E-state index contributed by atoms with van der Waals surface area (Å²) in [6, 6.07) is 0. The Balaban J connectivity index is 2.08. The van der Waals surface area contributed by atoms with Crippen LogP contribution in [-0.4, -0.2) is 58.1 Å². The zero-order valence-electron chi connectivity index (χ0n) is 20.2. The van der Waals surface area contributed by atoms with Crippen LogP contribution in [0.25, 0.3) is 0 Å². The number of rotatable bonds is 9. The summed E-state index contributed by atoms with van der Waals surface area (Å²) in [6.45, 7) is 6.35. The lowest BCUT2D eigenvalue weighted by Crippen LogP contribution is -2.69.